The maximum atomic E-state index is 10.7. The first-order chi connectivity index (χ1) is 8.86. The molecule has 0 aliphatic carbocycles. The van der Waals surface area contributed by atoms with Gasteiger partial charge in [0.25, 0.3) is 0 Å². The second-order valence-corrected chi connectivity index (χ2v) is 5.68. The van der Waals surface area contributed by atoms with E-state index in [2.05, 4.69) is 50.0 Å². The molecule has 0 aliphatic rings. The summed E-state index contributed by atoms with van der Waals surface area (Å²) >= 11 is 0. The summed E-state index contributed by atoms with van der Waals surface area (Å²) in [6.07, 6.45) is 3.08. The Kier molecular flexibility index (Phi) is 3.42. The van der Waals surface area contributed by atoms with Crippen molar-refractivity contribution in [1.82, 2.24) is 9.55 Å². The maximum absolute atomic E-state index is 10.7. The van der Waals surface area contributed by atoms with Crippen LogP contribution in [0.25, 0.3) is 0 Å². The van der Waals surface area contributed by atoms with Gasteiger partial charge in [-0.1, -0.05) is 45.0 Å². The zero-order valence-corrected chi connectivity index (χ0v) is 11.4. The Hall–Kier alpha value is -2.10. The smallest absolute Gasteiger partial charge is 0.356 e. The van der Waals surface area contributed by atoms with E-state index in [1.807, 2.05) is 0 Å². The van der Waals surface area contributed by atoms with Gasteiger partial charge in [0.2, 0.25) is 0 Å². The highest BCUT2D eigenvalue weighted by Gasteiger charge is 2.13. The van der Waals surface area contributed by atoms with Gasteiger partial charge in [-0.3, -0.25) is 0 Å². The molecule has 0 atom stereocenters. The number of carboxylic acid groups (broad SMARTS) is 1. The number of carbonyl (C=O) groups is 1. The SMILES string of the molecule is CC(C)(C)c1ccc(Cn2cnc(C(=O)O)c2)cc1. The number of hydrogen-bond acceptors (Lipinski definition) is 2. The van der Waals surface area contributed by atoms with Crippen LogP contribution < -0.4 is 0 Å². The van der Waals surface area contributed by atoms with E-state index in [0.717, 1.165) is 5.56 Å². The molecular weight excluding hydrogens is 240 g/mol. The van der Waals surface area contributed by atoms with Crippen LogP contribution in [-0.2, 0) is 12.0 Å². The third-order valence-electron chi connectivity index (χ3n) is 3.04. The van der Waals surface area contributed by atoms with Gasteiger partial charge in [0.1, 0.15) is 0 Å². The molecule has 1 aromatic heterocycles. The molecule has 0 saturated heterocycles. The largest absolute Gasteiger partial charge is 0.476 e. The number of rotatable bonds is 3. The summed E-state index contributed by atoms with van der Waals surface area (Å²) in [4.78, 5) is 14.6. The second kappa shape index (κ2) is 4.88. The minimum absolute atomic E-state index is 0.0753. The monoisotopic (exact) mass is 258 g/mol. The topological polar surface area (TPSA) is 55.1 Å². The van der Waals surface area contributed by atoms with Gasteiger partial charge in [-0.05, 0) is 16.5 Å². The van der Waals surface area contributed by atoms with Crippen LogP contribution in [0.2, 0.25) is 0 Å². The van der Waals surface area contributed by atoms with Crippen LogP contribution >= 0.6 is 0 Å². The lowest BCUT2D eigenvalue weighted by molar-refractivity contribution is 0.0691. The summed E-state index contributed by atoms with van der Waals surface area (Å²) in [6, 6.07) is 8.37. The van der Waals surface area contributed by atoms with Crippen molar-refractivity contribution in [2.75, 3.05) is 0 Å². The number of aromatic nitrogens is 2. The number of aromatic carboxylic acids is 1. The molecule has 4 nitrogen and oxygen atoms in total. The lowest BCUT2D eigenvalue weighted by Gasteiger charge is -2.19. The zero-order chi connectivity index (χ0) is 14.0. The molecule has 0 radical (unpaired) electrons. The quantitative estimate of drug-likeness (QED) is 0.921. The Bertz CT molecular complexity index is 577. The van der Waals surface area contributed by atoms with Gasteiger partial charge >= 0.3 is 5.97 Å². The van der Waals surface area contributed by atoms with E-state index < -0.39 is 5.97 Å². The molecule has 19 heavy (non-hydrogen) atoms. The van der Waals surface area contributed by atoms with Crippen molar-refractivity contribution in [2.45, 2.75) is 32.7 Å². The summed E-state index contributed by atoms with van der Waals surface area (Å²) in [6.45, 7) is 7.16. The van der Waals surface area contributed by atoms with E-state index in [-0.39, 0.29) is 11.1 Å². The van der Waals surface area contributed by atoms with Crippen LogP contribution in [0.3, 0.4) is 0 Å². The fourth-order valence-corrected chi connectivity index (χ4v) is 1.88. The van der Waals surface area contributed by atoms with Gasteiger partial charge in [0.05, 0.1) is 6.33 Å². The number of carboxylic acids is 1. The first-order valence-corrected chi connectivity index (χ1v) is 6.21. The van der Waals surface area contributed by atoms with Crippen LogP contribution in [0.5, 0.6) is 0 Å². The van der Waals surface area contributed by atoms with E-state index in [9.17, 15) is 4.79 Å². The molecule has 0 bridgehead atoms. The lowest BCUT2D eigenvalue weighted by atomic mass is 9.87. The van der Waals surface area contributed by atoms with Gasteiger partial charge in [0, 0.05) is 12.7 Å². The Balaban J connectivity index is 2.13. The van der Waals surface area contributed by atoms with Gasteiger partial charge in [-0.2, -0.15) is 0 Å². The summed E-state index contributed by atoms with van der Waals surface area (Å²) in [5.74, 6) is -0.998. The van der Waals surface area contributed by atoms with Crippen LogP contribution in [-0.4, -0.2) is 20.6 Å². The molecule has 4 heteroatoms. The van der Waals surface area contributed by atoms with Crippen molar-refractivity contribution in [2.24, 2.45) is 0 Å². The standard InChI is InChI=1S/C15H18N2O2/c1-15(2,3)12-6-4-11(5-7-12)8-17-9-13(14(18)19)16-10-17/h4-7,9-10H,8H2,1-3H3,(H,18,19). The predicted molar refractivity (Wildman–Crippen MR) is 73.4 cm³/mol. The molecule has 1 N–H and O–H groups in total. The first kappa shape index (κ1) is 13.3. The molecule has 0 saturated carbocycles. The van der Waals surface area contributed by atoms with Crippen LogP contribution in [0.1, 0.15) is 42.4 Å². The van der Waals surface area contributed by atoms with Gasteiger partial charge in [-0.25, -0.2) is 9.78 Å². The highest BCUT2D eigenvalue weighted by molar-refractivity contribution is 5.84. The number of imidazole rings is 1. The summed E-state index contributed by atoms with van der Waals surface area (Å²) in [5, 5.41) is 8.81. The van der Waals surface area contributed by atoms with Crippen molar-refractivity contribution in [3.8, 4) is 0 Å². The molecule has 2 rings (SSSR count). The Labute approximate surface area is 112 Å². The molecule has 0 amide bonds. The van der Waals surface area contributed by atoms with Gasteiger partial charge in [0.15, 0.2) is 5.69 Å². The van der Waals surface area contributed by atoms with Crippen LogP contribution in [0.4, 0.5) is 0 Å². The third kappa shape index (κ3) is 3.22. The van der Waals surface area contributed by atoms with Crippen LogP contribution in [0.15, 0.2) is 36.8 Å². The number of benzene rings is 1. The minimum Gasteiger partial charge on any atom is -0.476 e. The minimum atomic E-state index is -0.998. The number of hydrogen-bond donors (Lipinski definition) is 1. The van der Waals surface area contributed by atoms with Crippen LogP contribution in [0, 0.1) is 0 Å². The maximum Gasteiger partial charge on any atom is 0.356 e. The Morgan fingerprint density at radius 1 is 1.26 bits per heavy atom. The normalized spacial score (nSPS) is 11.5. The number of nitrogens with zero attached hydrogens (tertiary/aromatic N) is 2. The second-order valence-electron chi connectivity index (χ2n) is 5.68. The highest BCUT2D eigenvalue weighted by Crippen LogP contribution is 2.22. The molecule has 1 aromatic carbocycles. The van der Waals surface area contributed by atoms with E-state index in [0.29, 0.717) is 6.54 Å². The summed E-state index contributed by atoms with van der Waals surface area (Å²) in [7, 11) is 0. The molecule has 0 unspecified atom stereocenters. The first-order valence-electron chi connectivity index (χ1n) is 6.21. The molecule has 2 aromatic rings. The zero-order valence-electron chi connectivity index (χ0n) is 11.4. The van der Waals surface area contributed by atoms with E-state index in [1.165, 1.54) is 5.56 Å². The Morgan fingerprint density at radius 2 is 1.89 bits per heavy atom. The fraction of sp³-hybridized carbons (Fsp3) is 0.333. The third-order valence-corrected chi connectivity index (χ3v) is 3.04. The average Bonchev–Trinajstić information content (AvgIpc) is 2.77. The predicted octanol–water partition coefficient (Wildman–Crippen LogP) is 2.93. The average molecular weight is 258 g/mol. The van der Waals surface area contributed by atoms with Crippen molar-refractivity contribution in [3.63, 3.8) is 0 Å². The molecule has 0 aliphatic heterocycles. The Morgan fingerprint density at radius 3 is 2.37 bits per heavy atom. The van der Waals surface area contributed by atoms with Gasteiger partial charge in [-0.15, -0.1) is 0 Å². The summed E-state index contributed by atoms with van der Waals surface area (Å²) < 4.78 is 1.77. The molecule has 0 spiro atoms. The lowest BCUT2D eigenvalue weighted by Crippen LogP contribution is -2.10. The van der Waals surface area contributed by atoms with Crippen molar-refractivity contribution >= 4 is 5.97 Å². The van der Waals surface area contributed by atoms with E-state index in [4.69, 9.17) is 5.11 Å². The summed E-state index contributed by atoms with van der Waals surface area (Å²) in [5.41, 5.74) is 2.63. The van der Waals surface area contributed by atoms with Crippen molar-refractivity contribution in [3.05, 3.63) is 53.6 Å². The highest BCUT2D eigenvalue weighted by atomic mass is 16.4. The molecule has 100 valence electrons. The fourth-order valence-electron chi connectivity index (χ4n) is 1.88. The van der Waals surface area contributed by atoms with E-state index >= 15 is 0 Å². The molecule has 0 fully saturated rings. The molecular formula is C15H18N2O2. The van der Waals surface area contributed by atoms with Crippen molar-refractivity contribution in [1.29, 1.82) is 0 Å². The van der Waals surface area contributed by atoms with E-state index in [1.54, 1.807) is 17.1 Å². The van der Waals surface area contributed by atoms with Crippen molar-refractivity contribution < 1.29 is 9.90 Å². The molecule has 1 heterocycles. The van der Waals surface area contributed by atoms with Gasteiger partial charge < -0.3 is 9.67 Å².